The maximum atomic E-state index is 13.8. The van der Waals surface area contributed by atoms with Crippen molar-refractivity contribution in [3.05, 3.63) is 64.7 Å². The molecule has 1 aliphatic rings. The van der Waals surface area contributed by atoms with Crippen molar-refractivity contribution in [2.24, 2.45) is 5.92 Å². The van der Waals surface area contributed by atoms with Crippen LogP contribution in [0.5, 0.6) is 0 Å². The highest BCUT2D eigenvalue weighted by atomic mass is 19.1. The number of fused-ring (bicyclic) bond motifs is 1. The number of amides is 1. The Bertz CT molecular complexity index is 1110. The average molecular weight is 394 g/mol. The third kappa shape index (κ3) is 3.99. The van der Waals surface area contributed by atoms with Crippen molar-refractivity contribution >= 4 is 28.2 Å². The van der Waals surface area contributed by atoms with Gasteiger partial charge in [0, 0.05) is 18.5 Å². The number of benzene rings is 2. The molecule has 0 spiro atoms. The van der Waals surface area contributed by atoms with E-state index < -0.39 is 11.7 Å². The Kier molecular flexibility index (Phi) is 5.29. The number of carbonyl (C=O) groups is 1. The fraction of sp³-hybridized carbons (Fsp3) is 0.318. The number of anilines is 2. The van der Waals surface area contributed by atoms with Crippen LogP contribution in [0.3, 0.4) is 0 Å². The van der Waals surface area contributed by atoms with Crippen molar-refractivity contribution < 1.29 is 9.18 Å². The minimum absolute atomic E-state index is 0.0800. The smallest absolute Gasteiger partial charge is 0.275 e. The Hall–Kier alpha value is -3.22. The number of rotatable bonds is 4. The fourth-order valence-corrected chi connectivity index (χ4v) is 3.83. The molecule has 0 aliphatic carbocycles. The third-order valence-electron chi connectivity index (χ3n) is 5.25. The second-order valence-corrected chi connectivity index (χ2v) is 7.55. The number of nitrogens with zero attached hydrogens (tertiary/aromatic N) is 3. The van der Waals surface area contributed by atoms with E-state index in [-0.39, 0.29) is 17.8 Å². The summed E-state index contributed by atoms with van der Waals surface area (Å²) in [5.41, 5.74) is -0.255. The molecule has 1 aliphatic heterocycles. The zero-order valence-electron chi connectivity index (χ0n) is 16.3. The van der Waals surface area contributed by atoms with Crippen LogP contribution in [-0.4, -0.2) is 28.8 Å². The standard InChI is InChI=1S/C22H23FN4O2/c1-15-7-6-12-26(13-15)21-16-8-2-3-9-17(16)22(29)27(25-21)14-20(28)24-19-11-5-4-10-18(19)23/h2-5,8-11,15H,6-7,12-14H2,1H3,(H,24,28)/t15-/m1/s1. The molecule has 0 saturated carbocycles. The van der Waals surface area contributed by atoms with Gasteiger partial charge in [-0.2, -0.15) is 5.10 Å². The second kappa shape index (κ2) is 8.03. The molecule has 2 aromatic carbocycles. The summed E-state index contributed by atoms with van der Waals surface area (Å²) in [7, 11) is 0. The van der Waals surface area contributed by atoms with Crippen molar-refractivity contribution in [3.63, 3.8) is 0 Å². The zero-order chi connectivity index (χ0) is 20.4. The molecular formula is C22H23FN4O2. The molecule has 1 saturated heterocycles. The number of hydrogen-bond donors (Lipinski definition) is 1. The zero-order valence-corrected chi connectivity index (χ0v) is 16.3. The van der Waals surface area contributed by atoms with Gasteiger partial charge in [0.25, 0.3) is 5.56 Å². The van der Waals surface area contributed by atoms with Crippen molar-refractivity contribution in [2.45, 2.75) is 26.3 Å². The van der Waals surface area contributed by atoms with Crippen molar-refractivity contribution in [3.8, 4) is 0 Å². The Morgan fingerprint density at radius 3 is 2.66 bits per heavy atom. The predicted molar refractivity (Wildman–Crippen MR) is 112 cm³/mol. The van der Waals surface area contributed by atoms with E-state index in [4.69, 9.17) is 0 Å². The summed E-state index contributed by atoms with van der Waals surface area (Å²) in [4.78, 5) is 27.6. The van der Waals surface area contributed by atoms with Gasteiger partial charge in [0.05, 0.1) is 11.1 Å². The summed E-state index contributed by atoms with van der Waals surface area (Å²) >= 11 is 0. The van der Waals surface area contributed by atoms with E-state index in [1.165, 1.54) is 23.2 Å². The van der Waals surface area contributed by atoms with E-state index in [0.717, 1.165) is 24.9 Å². The average Bonchev–Trinajstić information content (AvgIpc) is 2.72. The van der Waals surface area contributed by atoms with Gasteiger partial charge in [-0.25, -0.2) is 9.07 Å². The van der Waals surface area contributed by atoms with Crippen LogP contribution in [0, 0.1) is 11.7 Å². The molecule has 1 fully saturated rings. The normalized spacial score (nSPS) is 16.8. The summed E-state index contributed by atoms with van der Waals surface area (Å²) in [5.74, 6) is 0.222. The molecule has 6 nitrogen and oxygen atoms in total. The molecule has 1 atom stereocenters. The summed E-state index contributed by atoms with van der Waals surface area (Å²) in [5, 5.41) is 8.36. The van der Waals surface area contributed by atoms with Gasteiger partial charge in [0.1, 0.15) is 12.4 Å². The Labute approximate surface area is 167 Å². The molecule has 150 valence electrons. The van der Waals surface area contributed by atoms with E-state index in [0.29, 0.717) is 17.1 Å². The van der Waals surface area contributed by atoms with E-state index in [1.807, 2.05) is 12.1 Å². The fourth-order valence-electron chi connectivity index (χ4n) is 3.83. The topological polar surface area (TPSA) is 67.2 Å². The molecule has 1 N–H and O–H groups in total. The summed E-state index contributed by atoms with van der Waals surface area (Å²) in [6.45, 7) is 3.64. The first kappa shape index (κ1) is 19.1. The lowest BCUT2D eigenvalue weighted by Gasteiger charge is -2.32. The Morgan fingerprint density at radius 1 is 1.17 bits per heavy atom. The molecule has 29 heavy (non-hydrogen) atoms. The van der Waals surface area contributed by atoms with Crippen molar-refractivity contribution in [1.29, 1.82) is 0 Å². The first-order valence-electron chi connectivity index (χ1n) is 9.82. The van der Waals surface area contributed by atoms with Gasteiger partial charge in [0.2, 0.25) is 5.91 Å². The van der Waals surface area contributed by atoms with Gasteiger partial charge >= 0.3 is 0 Å². The van der Waals surface area contributed by atoms with Crippen LogP contribution in [-0.2, 0) is 11.3 Å². The van der Waals surface area contributed by atoms with E-state index in [2.05, 4.69) is 22.2 Å². The van der Waals surface area contributed by atoms with Crippen LogP contribution in [0.25, 0.3) is 10.8 Å². The molecule has 2 heterocycles. The Morgan fingerprint density at radius 2 is 1.90 bits per heavy atom. The van der Waals surface area contributed by atoms with Gasteiger partial charge in [-0.15, -0.1) is 0 Å². The SMILES string of the molecule is C[C@@H]1CCCN(c2nn(CC(=O)Nc3ccccc3F)c(=O)c3ccccc23)C1. The molecule has 0 bridgehead atoms. The molecule has 3 aromatic rings. The summed E-state index contributed by atoms with van der Waals surface area (Å²) < 4.78 is 15.0. The lowest BCUT2D eigenvalue weighted by atomic mass is 10.00. The third-order valence-corrected chi connectivity index (χ3v) is 5.25. The maximum absolute atomic E-state index is 13.8. The lowest BCUT2D eigenvalue weighted by molar-refractivity contribution is -0.117. The lowest BCUT2D eigenvalue weighted by Crippen LogP contribution is -2.38. The molecule has 7 heteroatoms. The number of para-hydroxylation sites is 1. The number of piperidine rings is 1. The number of aromatic nitrogens is 2. The van der Waals surface area contributed by atoms with Crippen LogP contribution in [0.4, 0.5) is 15.9 Å². The first-order chi connectivity index (χ1) is 14.0. The van der Waals surface area contributed by atoms with Crippen LogP contribution in [0.2, 0.25) is 0 Å². The van der Waals surface area contributed by atoms with Crippen LogP contribution in [0.1, 0.15) is 19.8 Å². The second-order valence-electron chi connectivity index (χ2n) is 7.55. The molecular weight excluding hydrogens is 371 g/mol. The van der Waals surface area contributed by atoms with Crippen LogP contribution < -0.4 is 15.8 Å². The number of halogens is 1. The van der Waals surface area contributed by atoms with E-state index >= 15 is 0 Å². The minimum atomic E-state index is -0.525. The quantitative estimate of drug-likeness (QED) is 0.736. The predicted octanol–water partition coefficient (Wildman–Crippen LogP) is 3.41. The summed E-state index contributed by atoms with van der Waals surface area (Å²) in [6.07, 6.45) is 2.23. The van der Waals surface area contributed by atoms with Crippen LogP contribution >= 0.6 is 0 Å². The van der Waals surface area contributed by atoms with Crippen LogP contribution in [0.15, 0.2) is 53.3 Å². The van der Waals surface area contributed by atoms with Gasteiger partial charge in [-0.1, -0.05) is 37.3 Å². The minimum Gasteiger partial charge on any atom is -0.354 e. The number of nitrogens with one attached hydrogen (secondary N) is 1. The highest BCUT2D eigenvalue weighted by molar-refractivity contribution is 5.93. The first-order valence-corrected chi connectivity index (χ1v) is 9.82. The largest absolute Gasteiger partial charge is 0.354 e. The highest BCUT2D eigenvalue weighted by Crippen LogP contribution is 2.26. The molecule has 4 rings (SSSR count). The van der Waals surface area contributed by atoms with Gasteiger partial charge in [-0.05, 0) is 37.0 Å². The molecule has 1 amide bonds. The molecule has 1 aromatic heterocycles. The number of hydrogen-bond acceptors (Lipinski definition) is 4. The Balaban J connectivity index is 1.69. The highest BCUT2D eigenvalue weighted by Gasteiger charge is 2.22. The van der Waals surface area contributed by atoms with Crippen molar-refractivity contribution in [2.75, 3.05) is 23.3 Å². The number of carbonyl (C=O) groups excluding carboxylic acids is 1. The van der Waals surface area contributed by atoms with Crippen molar-refractivity contribution in [1.82, 2.24) is 9.78 Å². The molecule has 0 unspecified atom stereocenters. The maximum Gasteiger partial charge on any atom is 0.275 e. The van der Waals surface area contributed by atoms with Gasteiger partial charge < -0.3 is 10.2 Å². The van der Waals surface area contributed by atoms with Gasteiger partial charge in [0.15, 0.2) is 5.82 Å². The molecule has 0 radical (unpaired) electrons. The van der Waals surface area contributed by atoms with Gasteiger partial charge in [-0.3, -0.25) is 9.59 Å². The summed E-state index contributed by atoms with van der Waals surface area (Å²) in [6, 6.07) is 13.3. The van der Waals surface area contributed by atoms with E-state index in [9.17, 15) is 14.0 Å². The monoisotopic (exact) mass is 394 g/mol. The van der Waals surface area contributed by atoms with E-state index in [1.54, 1.807) is 24.3 Å².